The third-order valence-corrected chi connectivity index (χ3v) is 1.91. The molecule has 1 aromatic rings. The molecule has 1 aromatic carbocycles. The van der Waals surface area contributed by atoms with Gasteiger partial charge in [-0.15, -0.1) is 0 Å². The zero-order valence-electron chi connectivity index (χ0n) is 9.42. The van der Waals surface area contributed by atoms with E-state index in [2.05, 4.69) is 10.9 Å². The summed E-state index contributed by atoms with van der Waals surface area (Å²) in [7, 11) is 0. The molecule has 0 heterocycles. The van der Waals surface area contributed by atoms with Gasteiger partial charge >= 0.3 is 5.97 Å². The quantitative estimate of drug-likeness (QED) is 0.517. The molecule has 0 saturated heterocycles. The van der Waals surface area contributed by atoms with Crippen molar-refractivity contribution in [3.63, 3.8) is 0 Å². The first-order valence-corrected chi connectivity index (χ1v) is 5.11. The van der Waals surface area contributed by atoms with E-state index >= 15 is 0 Å². The van der Waals surface area contributed by atoms with Crippen LogP contribution in [-0.2, 0) is 20.8 Å². The smallest absolute Gasteiger partial charge is 0.328 e. The van der Waals surface area contributed by atoms with E-state index in [9.17, 15) is 14.4 Å². The van der Waals surface area contributed by atoms with Crippen LogP contribution in [0, 0.1) is 0 Å². The highest BCUT2D eigenvalue weighted by molar-refractivity contribution is 5.94. The van der Waals surface area contributed by atoms with Gasteiger partial charge in [-0.1, -0.05) is 30.3 Å². The maximum atomic E-state index is 11.4. The molecule has 18 heavy (non-hydrogen) atoms. The summed E-state index contributed by atoms with van der Waals surface area (Å²) in [5, 5.41) is 8.28. The lowest BCUT2D eigenvalue weighted by molar-refractivity contribution is -0.131. The van der Waals surface area contributed by atoms with Gasteiger partial charge in [0.1, 0.15) is 0 Å². The van der Waals surface area contributed by atoms with E-state index in [1.807, 2.05) is 6.07 Å². The molecule has 0 aliphatic rings. The van der Waals surface area contributed by atoms with Crippen molar-refractivity contribution < 1.29 is 19.5 Å². The van der Waals surface area contributed by atoms with E-state index < -0.39 is 17.8 Å². The number of nitrogens with one attached hydrogen (secondary N) is 2. The van der Waals surface area contributed by atoms with Crippen LogP contribution in [0.2, 0.25) is 0 Å². The first-order valence-electron chi connectivity index (χ1n) is 5.11. The maximum absolute atomic E-state index is 11.4. The number of hydrogen-bond acceptors (Lipinski definition) is 3. The van der Waals surface area contributed by atoms with Crippen LogP contribution in [0.4, 0.5) is 0 Å². The Hall–Kier alpha value is -2.63. The SMILES string of the molecule is O=C(O)/C=C/C(=O)NNC(=O)Cc1ccccc1. The summed E-state index contributed by atoms with van der Waals surface area (Å²) in [6.07, 6.45) is 1.62. The van der Waals surface area contributed by atoms with E-state index in [1.54, 1.807) is 24.3 Å². The molecule has 0 atom stereocenters. The van der Waals surface area contributed by atoms with Crippen molar-refractivity contribution in [1.29, 1.82) is 0 Å². The van der Waals surface area contributed by atoms with E-state index in [1.165, 1.54) is 0 Å². The van der Waals surface area contributed by atoms with Crippen molar-refractivity contribution in [2.45, 2.75) is 6.42 Å². The van der Waals surface area contributed by atoms with Gasteiger partial charge in [-0.05, 0) is 5.56 Å². The largest absolute Gasteiger partial charge is 0.478 e. The molecule has 0 bridgehead atoms. The van der Waals surface area contributed by atoms with Crippen molar-refractivity contribution in [3.05, 3.63) is 48.0 Å². The first kappa shape index (κ1) is 13.4. The molecule has 6 heteroatoms. The summed E-state index contributed by atoms with van der Waals surface area (Å²) in [4.78, 5) is 32.5. The second-order valence-corrected chi connectivity index (χ2v) is 3.37. The number of hydrogen-bond donors (Lipinski definition) is 3. The number of carboxylic acid groups (broad SMARTS) is 1. The predicted molar refractivity (Wildman–Crippen MR) is 63.2 cm³/mol. The summed E-state index contributed by atoms with van der Waals surface area (Å²) in [5.41, 5.74) is 5.05. The minimum Gasteiger partial charge on any atom is -0.478 e. The van der Waals surface area contributed by atoms with Gasteiger partial charge in [0.2, 0.25) is 5.91 Å². The van der Waals surface area contributed by atoms with Crippen molar-refractivity contribution in [2.24, 2.45) is 0 Å². The summed E-state index contributed by atoms with van der Waals surface area (Å²) in [6.45, 7) is 0. The third kappa shape index (κ3) is 5.45. The Balaban J connectivity index is 2.34. The molecule has 0 radical (unpaired) electrons. The molecule has 0 unspecified atom stereocenters. The van der Waals surface area contributed by atoms with Crippen LogP contribution < -0.4 is 10.9 Å². The average Bonchev–Trinajstić information content (AvgIpc) is 2.35. The second-order valence-electron chi connectivity index (χ2n) is 3.37. The number of benzene rings is 1. The molecule has 1 rings (SSSR count). The van der Waals surface area contributed by atoms with Gasteiger partial charge in [-0.25, -0.2) is 4.79 Å². The Kier molecular flexibility index (Phi) is 5.11. The molecule has 3 N–H and O–H groups in total. The summed E-state index contributed by atoms with van der Waals surface area (Å²) in [6, 6.07) is 9.00. The molecule has 0 aromatic heterocycles. The van der Waals surface area contributed by atoms with E-state index in [-0.39, 0.29) is 6.42 Å². The first-order chi connectivity index (χ1) is 8.58. The molecular weight excluding hydrogens is 236 g/mol. The molecule has 0 spiro atoms. The highest BCUT2D eigenvalue weighted by Crippen LogP contribution is 1.98. The zero-order valence-corrected chi connectivity index (χ0v) is 9.42. The molecule has 2 amide bonds. The maximum Gasteiger partial charge on any atom is 0.328 e. The molecule has 6 nitrogen and oxygen atoms in total. The van der Waals surface area contributed by atoms with Gasteiger partial charge in [0.05, 0.1) is 6.42 Å². The van der Waals surface area contributed by atoms with Crippen molar-refractivity contribution >= 4 is 17.8 Å². The Morgan fingerprint density at radius 1 is 1.06 bits per heavy atom. The zero-order chi connectivity index (χ0) is 13.4. The van der Waals surface area contributed by atoms with Crippen LogP contribution in [0.5, 0.6) is 0 Å². The van der Waals surface area contributed by atoms with Crippen LogP contribution in [0.15, 0.2) is 42.5 Å². The molecule has 0 aliphatic carbocycles. The highest BCUT2D eigenvalue weighted by Gasteiger charge is 2.03. The van der Waals surface area contributed by atoms with Crippen LogP contribution in [0.3, 0.4) is 0 Å². The normalized spacial score (nSPS) is 10.0. The number of carbonyl (C=O) groups excluding carboxylic acids is 2. The number of carbonyl (C=O) groups is 3. The minimum atomic E-state index is -1.24. The molecule has 0 fully saturated rings. The predicted octanol–water partition coefficient (Wildman–Crippen LogP) is 0.0173. The molecular formula is C12H12N2O4. The number of rotatable bonds is 4. The Bertz CT molecular complexity index is 468. The Labute approximate surface area is 103 Å². The van der Waals surface area contributed by atoms with Crippen LogP contribution in [-0.4, -0.2) is 22.9 Å². The fraction of sp³-hybridized carbons (Fsp3) is 0.0833. The Morgan fingerprint density at radius 3 is 2.33 bits per heavy atom. The lowest BCUT2D eigenvalue weighted by atomic mass is 10.1. The van der Waals surface area contributed by atoms with Crippen molar-refractivity contribution in [2.75, 3.05) is 0 Å². The number of carboxylic acids is 1. The van der Waals surface area contributed by atoms with Crippen LogP contribution in [0.1, 0.15) is 5.56 Å². The molecule has 94 valence electrons. The summed E-state index contributed by atoms with van der Waals surface area (Å²) in [5.74, 6) is -2.34. The van der Waals surface area contributed by atoms with E-state index in [0.717, 1.165) is 11.6 Å². The average molecular weight is 248 g/mol. The lowest BCUT2D eigenvalue weighted by Gasteiger charge is -2.04. The number of hydrazine groups is 1. The van der Waals surface area contributed by atoms with Gasteiger partial charge in [0.15, 0.2) is 0 Å². The monoisotopic (exact) mass is 248 g/mol. The minimum absolute atomic E-state index is 0.129. The fourth-order valence-electron chi connectivity index (χ4n) is 1.15. The fourth-order valence-corrected chi connectivity index (χ4v) is 1.15. The standard InChI is InChI=1S/C12H12N2O4/c15-10(6-7-12(17)18)13-14-11(16)8-9-4-2-1-3-5-9/h1-7H,8H2,(H,13,15)(H,14,16)(H,17,18)/b7-6+. The number of aliphatic carboxylic acids is 1. The molecule has 0 saturated carbocycles. The van der Waals surface area contributed by atoms with Crippen LogP contribution in [0.25, 0.3) is 0 Å². The number of amides is 2. The van der Waals surface area contributed by atoms with Gasteiger partial charge in [0.25, 0.3) is 5.91 Å². The summed E-state index contributed by atoms with van der Waals surface area (Å²) < 4.78 is 0. The second kappa shape index (κ2) is 6.85. The van der Waals surface area contributed by atoms with Crippen molar-refractivity contribution in [3.8, 4) is 0 Å². The van der Waals surface area contributed by atoms with Crippen molar-refractivity contribution in [1.82, 2.24) is 10.9 Å². The van der Waals surface area contributed by atoms with Gasteiger partial charge in [0, 0.05) is 12.2 Å². The highest BCUT2D eigenvalue weighted by atomic mass is 16.4. The van der Waals surface area contributed by atoms with Crippen LogP contribution >= 0.6 is 0 Å². The van der Waals surface area contributed by atoms with Gasteiger partial charge in [-0.3, -0.25) is 20.4 Å². The van der Waals surface area contributed by atoms with Gasteiger partial charge in [-0.2, -0.15) is 0 Å². The van der Waals surface area contributed by atoms with Gasteiger partial charge < -0.3 is 5.11 Å². The van der Waals surface area contributed by atoms with E-state index in [4.69, 9.17) is 5.11 Å². The van der Waals surface area contributed by atoms with E-state index in [0.29, 0.717) is 6.08 Å². The summed E-state index contributed by atoms with van der Waals surface area (Å²) >= 11 is 0. The lowest BCUT2D eigenvalue weighted by Crippen LogP contribution is -2.41. The Morgan fingerprint density at radius 2 is 1.72 bits per heavy atom. The topological polar surface area (TPSA) is 95.5 Å². The third-order valence-electron chi connectivity index (χ3n) is 1.91. The molecule has 0 aliphatic heterocycles.